The lowest BCUT2D eigenvalue weighted by Crippen LogP contribution is -2.06. The molecular formula is C15H10BrNO3S. The first-order valence-corrected chi connectivity index (χ1v) is 8.08. The number of fused-ring (bicyclic) bond motifs is 2. The molecule has 0 N–H and O–H groups in total. The molecule has 0 unspecified atom stereocenters. The van der Waals surface area contributed by atoms with Crippen molar-refractivity contribution in [2.24, 2.45) is 0 Å². The number of ether oxygens (including phenoxy) is 1. The molecule has 106 valence electrons. The van der Waals surface area contributed by atoms with Crippen LogP contribution in [0.1, 0.15) is 16.1 Å². The molecule has 0 spiro atoms. The highest BCUT2D eigenvalue weighted by Crippen LogP contribution is 2.25. The Morgan fingerprint density at radius 3 is 2.81 bits per heavy atom. The zero-order valence-corrected chi connectivity index (χ0v) is 13.5. The van der Waals surface area contributed by atoms with Gasteiger partial charge in [0.05, 0.1) is 23.8 Å². The van der Waals surface area contributed by atoms with Gasteiger partial charge in [-0.05, 0) is 30.3 Å². The second-order valence-electron chi connectivity index (χ2n) is 4.42. The SMILES string of the molecule is COC(=O)c1ccc2sc3nc(CBr)ccc3c(=O)c2c1. The Hall–Kier alpha value is -1.79. The molecule has 0 aliphatic carbocycles. The monoisotopic (exact) mass is 363 g/mol. The summed E-state index contributed by atoms with van der Waals surface area (Å²) in [5, 5.41) is 1.73. The van der Waals surface area contributed by atoms with Crippen LogP contribution in [-0.2, 0) is 10.1 Å². The first-order valence-electron chi connectivity index (χ1n) is 6.15. The number of aromatic nitrogens is 1. The number of carbonyl (C=O) groups is 1. The number of esters is 1. The van der Waals surface area contributed by atoms with Crippen LogP contribution in [0.3, 0.4) is 0 Å². The molecule has 1 aromatic carbocycles. The minimum absolute atomic E-state index is 0.113. The predicted molar refractivity (Wildman–Crippen MR) is 87.4 cm³/mol. The molecule has 6 heteroatoms. The van der Waals surface area contributed by atoms with Crippen molar-refractivity contribution in [2.45, 2.75) is 5.33 Å². The first-order chi connectivity index (χ1) is 10.1. The van der Waals surface area contributed by atoms with Crippen molar-refractivity contribution in [1.29, 1.82) is 0 Å². The van der Waals surface area contributed by atoms with Gasteiger partial charge in [0.1, 0.15) is 4.83 Å². The smallest absolute Gasteiger partial charge is 0.337 e. The van der Waals surface area contributed by atoms with Gasteiger partial charge < -0.3 is 4.74 Å². The van der Waals surface area contributed by atoms with E-state index in [1.807, 2.05) is 6.07 Å². The van der Waals surface area contributed by atoms with Crippen molar-refractivity contribution in [1.82, 2.24) is 4.98 Å². The molecule has 3 rings (SSSR count). The number of benzene rings is 1. The fourth-order valence-electron chi connectivity index (χ4n) is 2.09. The quantitative estimate of drug-likeness (QED) is 0.397. The summed E-state index contributed by atoms with van der Waals surface area (Å²) in [7, 11) is 1.32. The summed E-state index contributed by atoms with van der Waals surface area (Å²) in [5.41, 5.74) is 1.14. The van der Waals surface area contributed by atoms with Crippen LogP contribution in [0.2, 0.25) is 0 Å². The van der Waals surface area contributed by atoms with E-state index in [0.717, 1.165) is 10.4 Å². The molecule has 0 fully saturated rings. The molecule has 3 aromatic rings. The minimum Gasteiger partial charge on any atom is -0.465 e. The number of carbonyl (C=O) groups excluding carboxylic acids is 1. The lowest BCUT2D eigenvalue weighted by atomic mass is 10.1. The number of hydrogen-bond acceptors (Lipinski definition) is 5. The van der Waals surface area contributed by atoms with Crippen molar-refractivity contribution < 1.29 is 9.53 Å². The van der Waals surface area contributed by atoms with Crippen molar-refractivity contribution >= 4 is 53.5 Å². The van der Waals surface area contributed by atoms with Gasteiger partial charge in [0, 0.05) is 15.4 Å². The molecular weight excluding hydrogens is 354 g/mol. The van der Waals surface area contributed by atoms with E-state index in [1.54, 1.807) is 24.3 Å². The molecule has 21 heavy (non-hydrogen) atoms. The Balaban J connectivity index is 2.34. The molecule has 0 saturated heterocycles. The van der Waals surface area contributed by atoms with Crippen molar-refractivity contribution in [3.63, 3.8) is 0 Å². The Morgan fingerprint density at radius 2 is 2.10 bits per heavy atom. The molecule has 0 aliphatic rings. The summed E-state index contributed by atoms with van der Waals surface area (Å²) >= 11 is 4.80. The van der Waals surface area contributed by atoms with Crippen LogP contribution in [0.15, 0.2) is 35.1 Å². The third-order valence-electron chi connectivity index (χ3n) is 3.15. The number of nitrogens with zero attached hydrogens (tertiary/aromatic N) is 1. The van der Waals surface area contributed by atoms with Crippen LogP contribution in [-0.4, -0.2) is 18.1 Å². The summed E-state index contributed by atoms with van der Waals surface area (Å²) in [6.07, 6.45) is 0. The molecule has 2 aromatic heterocycles. The topological polar surface area (TPSA) is 56.3 Å². The van der Waals surface area contributed by atoms with Crippen LogP contribution in [0, 0.1) is 0 Å². The molecule has 0 amide bonds. The number of methoxy groups -OCH3 is 1. The van der Waals surface area contributed by atoms with E-state index in [0.29, 0.717) is 26.5 Å². The van der Waals surface area contributed by atoms with Gasteiger partial charge in [-0.1, -0.05) is 15.9 Å². The average molecular weight is 364 g/mol. The Labute approximate surface area is 132 Å². The number of halogens is 1. The number of rotatable bonds is 2. The second-order valence-corrected chi connectivity index (χ2v) is 6.01. The van der Waals surface area contributed by atoms with E-state index >= 15 is 0 Å². The molecule has 0 atom stereocenters. The fourth-order valence-corrected chi connectivity index (χ4v) is 3.45. The first kappa shape index (κ1) is 14.2. The van der Waals surface area contributed by atoms with Crippen molar-refractivity contribution in [3.05, 3.63) is 51.8 Å². The Kier molecular flexibility index (Phi) is 3.73. The van der Waals surface area contributed by atoms with Gasteiger partial charge in [-0.15, -0.1) is 11.3 Å². The summed E-state index contributed by atoms with van der Waals surface area (Å²) in [6, 6.07) is 8.60. The summed E-state index contributed by atoms with van der Waals surface area (Å²) in [5.74, 6) is -0.450. The highest BCUT2D eigenvalue weighted by Gasteiger charge is 2.11. The second kappa shape index (κ2) is 5.54. The number of alkyl halides is 1. The van der Waals surface area contributed by atoms with Gasteiger partial charge in [0.25, 0.3) is 0 Å². The molecule has 0 saturated carbocycles. The highest BCUT2D eigenvalue weighted by molar-refractivity contribution is 9.08. The van der Waals surface area contributed by atoms with Gasteiger partial charge in [-0.2, -0.15) is 0 Å². The Morgan fingerprint density at radius 1 is 1.29 bits per heavy atom. The summed E-state index contributed by atoms with van der Waals surface area (Å²) < 4.78 is 5.49. The lowest BCUT2D eigenvalue weighted by Gasteiger charge is -2.04. The fraction of sp³-hybridized carbons (Fsp3) is 0.133. The van der Waals surface area contributed by atoms with E-state index in [1.165, 1.54) is 18.4 Å². The summed E-state index contributed by atoms with van der Waals surface area (Å²) in [6.45, 7) is 0. The minimum atomic E-state index is -0.450. The van der Waals surface area contributed by atoms with E-state index in [9.17, 15) is 9.59 Å². The maximum Gasteiger partial charge on any atom is 0.337 e. The molecule has 0 aliphatic heterocycles. The van der Waals surface area contributed by atoms with Crippen molar-refractivity contribution in [2.75, 3.05) is 7.11 Å². The molecule has 0 bridgehead atoms. The largest absolute Gasteiger partial charge is 0.465 e. The molecule has 2 heterocycles. The van der Waals surface area contributed by atoms with Gasteiger partial charge in [-0.3, -0.25) is 4.79 Å². The predicted octanol–water partition coefficient (Wildman–Crippen LogP) is 3.49. The number of pyridine rings is 1. The highest BCUT2D eigenvalue weighted by atomic mass is 79.9. The zero-order valence-electron chi connectivity index (χ0n) is 11.1. The maximum atomic E-state index is 12.6. The molecule has 0 radical (unpaired) electrons. The van der Waals surface area contributed by atoms with Gasteiger partial charge in [0.2, 0.25) is 0 Å². The van der Waals surface area contributed by atoms with E-state index in [2.05, 4.69) is 25.7 Å². The number of hydrogen-bond donors (Lipinski definition) is 0. The van der Waals surface area contributed by atoms with Crippen molar-refractivity contribution in [3.8, 4) is 0 Å². The van der Waals surface area contributed by atoms with Crippen LogP contribution in [0.25, 0.3) is 20.3 Å². The molecule has 4 nitrogen and oxygen atoms in total. The van der Waals surface area contributed by atoms with Crippen LogP contribution in [0.5, 0.6) is 0 Å². The maximum absolute atomic E-state index is 12.6. The van der Waals surface area contributed by atoms with Gasteiger partial charge in [-0.25, -0.2) is 9.78 Å². The summed E-state index contributed by atoms with van der Waals surface area (Å²) in [4.78, 5) is 29.3. The van der Waals surface area contributed by atoms with Gasteiger partial charge >= 0.3 is 5.97 Å². The lowest BCUT2D eigenvalue weighted by molar-refractivity contribution is 0.0601. The van der Waals surface area contributed by atoms with E-state index in [4.69, 9.17) is 0 Å². The third-order valence-corrected chi connectivity index (χ3v) is 4.81. The standard InChI is InChI=1S/C15H10BrNO3S/c1-20-15(19)8-2-5-12-11(6-8)13(18)10-4-3-9(7-16)17-14(10)21-12/h2-6H,7H2,1H3. The zero-order chi connectivity index (χ0) is 15.0. The van der Waals surface area contributed by atoms with Crippen LogP contribution < -0.4 is 5.43 Å². The van der Waals surface area contributed by atoms with E-state index in [-0.39, 0.29) is 5.43 Å². The van der Waals surface area contributed by atoms with Crippen LogP contribution >= 0.6 is 27.3 Å². The average Bonchev–Trinajstić information content (AvgIpc) is 2.53. The third kappa shape index (κ3) is 2.45. The van der Waals surface area contributed by atoms with Crippen LogP contribution in [0.4, 0.5) is 0 Å². The normalized spacial score (nSPS) is 11.0. The van der Waals surface area contributed by atoms with E-state index < -0.39 is 5.97 Å². The Bertz CT molecular complexity index is 920. The van der Waals surface area contributed by atoms with Gasteiger partial charge in [0.15, 0.2) is 5.43 Å².